The van der Waals surface area contributed by atoms with Crippen LogP contribution in [0, 0.1) is 11.8 Å². The average Bonchev–Trinajstić information content (AvgIpc) is 2.42. The molecule has 0 aliphatic heterocycles. The minimum atomic E-state index is -1.08. The summed E-state index contributed by atoms with van der Waals surface area (Å²) in [6.45, 7) is 1.86. The molecule has 0 aliphatic rings. The number of rotatable bonds is 12. The van der Waals surface area contributed by atoms with Crippen molar-refractivity contribution < 1.29 is 15.0 Å². The summed E-state index contributed by atoms with van der Waals surface area (Å²) in [6.07, 6.45) is 16.6. The molecule has 0 saturated heterocycles. The molecule has 3 nitrogen and oxygen atoms in total. The molecule has 0 bridgehead atoms. The summed E-state index contributed by atoms with van der Waals surface area (Å²) >= 11 is 0. The predicted octanol–water partition coefficient (Wildman–Crippen LogP) is 4.30. The summed E-state index contributed by atoms with van der Waals surface area (Å²) in [5, 5.41) is 17.4. The fraction of sp³-hybridized carbons (Fsp3) is 0.722. The Bertz CT molecular complexity index is 334. The van der Waals surface area contributed by atoms with E-state index in [2.05, 4.69) is 11.8 Å². The van der Waals surface area contributed by atoms with Gasteiger partial charge in [-0.25, -0.2) is 4.79 Å². The zero-order valence-electron chi connectivity index (χ0n) is 13.3. The molecule has 0 aromatic rings. The largest absolute Gasteiger partial charge is 0.472 e. The van der Waals surface area contributed by atoms with Crippen LogP contribution in [0.15, 0.2) is 12.2 Å². The van der Waals surface area contributed by atoms with E-state index in [1.165, 1.54) is 44.9 Å². The number of hydrogen-bond donors (Lipinski definition) is 2. The van der Waals surface area contributed by atoms with Crippen LogP contribution in [0.1, 0.15) is 77.6 Å². The van der Waals surface area contributed by atoms with Crippen molar-refractivity contribution >= 4 is 5.97 Å². The van der Waals surface area contributed by atoms with Crippen molar-refractivity contribution in [3.63, 3.8) is 0 Å². The Balaban J connectivity index is 3.16. The van der Waals surface area contributed by atoms with E-state index in [0.717, 1.165) is 25.7 Å². The monoisotopic (exact) mass is 294 g/mol. The van der Waals surface area contributed by atoms with Crippen molar-refractivity contribution in [2.24, 2.45) is 0 Å². The van der Waals surface area contributed by atoms with E-state index in [4.69, 9.17) is 10.2 Å². The highest BCUT2D eigenvalue weighted by molar-refractivity contribution is 5.86. The van der Waals surface area contributed by atoms with Gasteiger partial charge < -0.3 is 10.2 Å². The molecule has 0 rings (SSSR count). The zero-order valence-corrected chi connectivity index (χ0v) is 13.3. The highest BCUT2D eigenvalue weighted by Gasteiger charge is 1.96. The molecular weight excluding hydrogens is 264 g/mol. The molecule has 0 aromatic heterocycles. The quantitative estimate of drug-likeness (QED) is 0.417. The normalized spacial score (nSPS) is 12.1. The first-order valence-electron chi connectivity index (χ1n) is 8.20. The van der Waals surface area contributed by atoms with Crippen LogP contribution in [0.3, 0.4) is 0 Å². The molecule has 1 atom stereocenters. The van der Waals surface area contributed by atoms with Gasteiger partial charge in [-0.1, -0.05) is 63.4 Å². The van der Waals surface area contributed by atoms with E-state index in [0.29, 0.717) is 0 Å². The first kappa shape index (κ1) is 19.7. The third kappa shape index (κ3) is 18.7. The van der Waals surface area contributed by atoms with E-state index in [1.54, 1.807) is 6.08 Å². The SMILES string of the molecule is CC(O)CCCCCCCCCCCC=CC#CC(=O)O. The van der Waals surface area contributed by atoms with Gasteiger partial charge in [-0.15, -0.1) is 0 Å². The van der Waals surface area contributed by atoms with Crippen LogP contribution in [0.5, 0.6) is 0 Å². The van der Waals surface area contributed by atoms with Gasteiger partial charge in [0.2, 0.25) is 0 Å². The molecular formula is C18H30O3. The summed E-state index contributed by atoms with van der Waals surface area (Å²) in [6, 6.07) is 0. The van der Waals surface area contributed by atoms with Crippen molar-refractivity contribution in [3.8, 4) is 11.8 Å². The minimum Gasteiger partial charge on any atom is -0.472 e. The molecule has 2 N–H and O–H groups in total. The molecule has 0 aliphatic carbocycles. The van der Waals surface area contributed by atoms with E-state index in [1.807, 2.05) is 13.0 Å². The van der Waals surface area contributed by atoms with Crippen LogP contribution in [0.25, 0.3) is 0 Å². The second-order valence-corrected chi connectivity index (χ2v) is 5.59. The van der Waals surface area contributed by atoms with E-state index in [9.17, 15) is 4.79 Å². The molecule has 0 spiro atoms. The molecule has 3 heteroatoms. The van der Waals surface area contributed by atoms with Gasteiger partial charge in [-0.05, 0) is 32.3 Å². The molecule has 120 valence electrons. The third-order valence-corrected chi connectivity index (χ3v) is 3.37. The van der Waals surface area contributed by atoms with Crippen molar-refractivity contribution in [2.45, 2.75) is 83.7 Å². The lowest BCUT2D eigenvalue weighted by atomic mass is 10.0. The lowest BCUT2D eigenvalue weighted by Crippen LogP contribution is -1.98. The highest BCUT2D eigenvalue weighted by atomic mass is 16.4. The average molecular weight is 294 g/mol. The maximum atomic E-state index is 10.1. The van der Waals surface area contributed by atoms with Crippen molar-refractivity contribution in [3.05, 3.63) is 12.2 Å². The standard InChI is InChI=1S/C18H30O3/c1-17(19)15-13-11-9-7-5-3-2-4-6-8-10-12-14-16-18(20)21/h10,12,17,19H,2-9,11,13,15H2,1H3,(H,20,21). The summed E-state index contributed by atoms with van der Waals surface area (Å²) < 4.78 is 0. The Labute approximate surface area is 129 Å². The van der Waals surface area contributed by atoms with E-state index >= 15 is 0 Å². The first-order chi connectivity index (χ1) is 10.1. The number of allylic oxidation sites excluding steroid dienone is 2. The van der Waals surface area contributed by atoms with Crippen LogP contribution in [-0.4, -0.2) is 22.3 Å². The number of carboxylic acid groups (broad SMARTS) is 1. The predicted molar refractivity (Wildman–Crippen MR) is 87.0 cm³/mol. The molecule has 0 aromatic carbocycles. The van der Waals surface area contributed by atoms with Gasteiger partial charge >= 0.3 is 5.97 Å². The number of carboxylic acids is 1. The van der Waals surface area contributed by atoms with Crippen molar-refractivity contribution in [2.75, 3.05) is 0 Å². The lowest BCUT2D eigenvalue weighted by Gasteiger charge is -2.04. The van der Waals surface area contributed by atoms with Crippen molar-refractivity contribution in [1.29, 1.82) is 0 Å². The van der Waals surface area contributed by atoms with Gasteiger partial charge in [0, 0.05) is 5.92 Å². The summed E-state index contributed by atoms with van der Waals surface area (Å²) in [5.41, 5.74) is 0. The number of aliphatic hydroxyl groups is 1. The third-order valence-electron chi connectivity index (χ3n) is 3.37. The second-order valence-electron chi connectivity index (χ2n) is 5.59. The first-order valence-corrected chi connectivity index (χ1v) is 8.20. The fourth-order valence-corrected chi connectivity index (χ4v) is 2.19. The van der Waals surface area contributed by atoms with Gasteiger partial charge in [0.05, 0.1) is 6.10 Å². The Morgan fingerprint density at radius 2 is 1.52 bits per heavy atom. The lowest BCUT2D eigenvalue weighted by molar-refractivity contribution is -0.130. The zero-order chi connectivity index (χ0) is 15.8. The highest BCUT2D eigenvalue weighted by Crippen LogP contribution is 2.12. The maximum Gasteiger partial charge on any atom is 0.382 e. The molecule has 0 amide bonds. The van der Waals surface area contributed by atoms with Gasteiger partial charge in [0.15, 0.2) is 0 Å². The van der Waals surface area contributed by atoms with E-state index in [-0.39, 0.29) is 6.10 Å². The molecule has 1 unspecified atom stereocenters. The Kier molecular flexibility index (Phi) is 14.2. The fourth-order valence-electron chi connectivity index (χ4n) is 2.19. The number of aliphatic hydroxyl groups excluding tert-OH is 1. The molecule has 0 heterocycles. The number of hydrogen-bond acceptors (Lipinski definition) is 2. The van der Waals surface area contributed by atoms with Gasteiger partial charge in [-0.3, -0.25) is 0 Å². The molecule has 0 fully saturated rings. The summed E-state index contributed by atoms with van der Waals surface area (Å²) in [4.78, 5) is 10.1. The topological polar surface area (TPSA) is 57.5 Å². The van der Waals surface area contributed by atoms with Crippen LogP contribution >= 0.6 is 0 Å². The van der Waals surface area contributed by atoms with Gasteiger partial charge in [0.1, 0.15) is 0 Å². The number of aliphatic carboxylic acids is 1. The molecule has 0 saturated carbocycles. The van der Waals surface area contributed by atoms with Gasteiger partial charge in [-0.2, -0.15) is 0 Å². The van der Waals surface area contributed by atoms with Crippen LogP contribution in [-0.2, 0) is 4.79 Å². The van der Waals surface area contributed by atoms with E-state index < -0.39 is 5.97 Å². The minimum absolute atomic E-state index is 0.144. The van der Waals surface area contributed by atoms with Crippen LogP contribution in [0.4, 0.5) is 0 Å². The summed E-state index contributed by atoms with van der Waals surface area (Å²) in [7, 11) is 0. The van der Waals surface area contributed by atoms with Crippen LogP contribution in [0.2, 0.25) is 0 Å². The Hall–Kier alpha value is -1.27. The van der Waals surface area contributed by atoms with Gasteiger partial charge in [0.25, 0.3) is 0 Å². The van der Waals surface area contributed by atoms with Crippen LogP contribution < -0.4 is 0 Å². The summed E-state index contributed by atoms with van der Waals surface area (Å²) in [5.74, 6) is 3.46. The van der Waals surface area contributed by atoms with Crippen molar-refractivity contribution in [1.82, 2.24) is 0 Å². The smallest absolute Gasteiger partial charge is 0.382 e. The second kappa shape index (κ2) is 15.1. The molecule has 0 radical (unpaired) electrons. The molecule has 21 heavy (non-hydrogen) atoms. The number of unbranched alkanes of at least 4 members (excludes halogenated alkanes) is 9. The Morgan fingerprint density at radius 1 is 1.00 bits per heavy atom. The number of carbonyl (C=O) groups is 1. The maximum absolute atomic E-state index is 10.1. The Morgan fingerprint density at radius 3 is 2.05 bits per heavy atom.